The molecule has 0 aromatic carbocycles. The zero-order chi connectivity index (χ0) is 20.5. The molecule has 1 N–H and O–H groups in total. The molecule has 2 fully saturated rings. The molecular weight excluding hydrogens is 355 g/mol. The maximum atomic E-state index is 13.5. The molecule has 0 bridgehead atoms. The number of aliphatic imine (C=N–C) groups is 1. The van der Waals surface area contributed by atoms with Crippen molar-refractivity contribution >= 4 is 12.6 Å². The highest BCUT2D eigenvalue weighted by Gasteiger charge is 2.38. The second-order valence-electron chi connectivity index (χ2n) is 8.31. The van der Waals surface area contributed by atoms with Crippen molar-refractivity contribution in [2.75, 3.05) is 13.1 Å². The summed E-state index contributed by atoms with van der Waals surface area (Å²) in [4.78, 5) is 23.3. The second kappa shape index (κ2) is 7.86. The topological polar surface area (TPSA) is 57.6 Å². The van der Waals surface area contributed by atoms with Crippen molar-refractivity contribution in [2.45, 2.75) is 58.4 Å². The number of carbonyl (C=O) groups excluding carboxylic acids is 1. The molecule has 1 saturated carbocycles. The van der Waals surface area contributed by atoms with Crippen LogP contribution < -0.4 is 5.32 Å². The van der Waals surface area contributed by atoms with Gasteiger partial charge in [-0.25, -0.2) is 9.98 Å². The number of hydrogen-bond acceptors (Lipinski definition) is 4. The number of nitrogens with one attached hydrogen (secondary N) is 1. The summed E-state index contributed by atoms with van der Waals surface area (Å²) in [6, 6.07) is 4.84. The molecule has 1 saturated heterocycles. The lowest BCUT2D eigenvalue weighted by atomic mass is 10.0. The van der Waals surface area contributed by atoms with E-state index in [-0.39, 0.29) is 17.4 Å². The number of allylic oxidation sites excluding steroid dienone is 1. The van der Waals surface area contributed by atoms with Crippen LogP contribution in [-0.2, 0) is 4.79 Å². The maximum Gasteiger partial charge on any atom is 0.254 e. The third-order valence-corrected chi connectivity index (χ3v) is 5.65. The molecule has 2 aliphatic rings. The number of carbonyl (C=O) groups is 1. The Hall–Kier alpha value is -2.50. The van der Waals surface area contributed by atoms with Crippen LogP contribution >= 0.6 is 0 Å². The van der Waals surface area contributed by atoms with Gasteiger partial charge in [0.1, 0.15) is 5.82 Å². The Kier molecular flexibility index (Phi) is 5.68. The van der Waals surface area contributed by atoms with Crippen LogP contribution in [0.3, 0.4) is 0 Å². The van der Waals surface area contributed by atoms with Crippen molar-refractivity contribution in [3.63, 3.8) is 0 Å². The highest BCUT2D eigenvalue weighted by atomic mass is 19.1. The van der Waals surface area contributed by atoms with Crippen LogP contribution in [-0.4, -0.2) is 41.1 Å². The molecule has 1 atom stereocenters. The van der Waals surface area contributed by atoms with Crippen molar-refractivity contribution < 1.29 is 9.18 Å². The van der Waals surface area contributed by atoms with Crippen LogP contribution in [0.15, 0.2) is 45.7 Å². The summed E-state index contributed by atoms with van der Waals surface area (Å²) >= 11 is 0. The number of hydrogen-bond donors (Lipinski definition) is 1. The summed E-state index contributed by atoms with van der Waals surface area (Å²) in [5, 5.41) is 3.43. The Morgan fingerprint density at radius 1 is 1.36 bits per heavy atom. The first-order valence-corrected chi connectivity index (χ1v) is 9.79. The van der Waals surface area contributed by atoms with Crippen molar-refractivity contribution in [1.29, 1.82) is 0 Å². The summed E-state index contributed by atoms with van der Waals surface area (Å²) in [7, 11) is 0. The van der Waals surface area contributed by atoms with E-state index < -0.39 is 5.95 Å². The Morgan fingerprint density at radius 2 is 2.07 bits per heavy atom. The number of halogens is 1. The molecule has 6 heteroatoms. The highest BCUT2D eigenvalue weighted by Crippen LogP contribution is 2.36. The van der Waals surface area contributed by atoms with Gasteiger partial charge in [-0.3, -0.25) is 4.79 Å². The van der Waals surface area contributed by atoms with Crippen LogP contribution in [0.5, 0.6) is 0 Å². The molecule has 1 unspecified atom stereocenters. The molecule has 1 aromatic heterocycles. The molecule has 0 radical (unpaired) electrons. The first-order chi connectivity index (χ1) is 13.2. The van der Waals surface area contributed by atoms with Crippen molar-refractivity contribution in [2.24, 2.45) is 4.99 Å². The number of likely N-dealkylation sites (tertiary alicyclic amines) is 1. The van der Waals surface area contributed by atoms with E-state index in [9.17, 15) is 9.18 Å². The van der Waals surface area contributed by atoms with Gasteiger partial charge in [0.15, 0.2) is 0 Å². The minimum Gasteiger partial charge on any atom is -0.365 e. The number of nitrogens with zero attached hydrogens (tertiary/aromatic N) is 3. The summed E-state index contributed by atoms with van der Waals surface area (Å²) in [6.45, 7) is 12.8. The van der Waals surface area contributed by atoms with Gasteiger partial charge in [-0.1, -0.05) is 11.6 Å². The van der Waals surface area contributed by atoms with Gasteiger partial charge in [0, 0.05) is 41.4 Å². The molecule has 0 spiro atoms. The van der Waals surface area contributed by atoms with Gasteiger partial charge in [0.25, 0.3) is 5.91 Å². The molecule has 5 nitrogen and oxygen atoms in total. The van der Waals surface area contributed by atoms with Gasteiger partial charge in [-0.05, 0) is 65.8 Å². The molecule has 3 rings (SSSR count). The Labute approximate surface area is 166 Å². The molecule has 1 aliphatic carbocycles. The van der Waals surface area contributed by atoms with Gasteiger partial charge in [-0.15, -0.1) is 0 Å². The predicted molar refractivity (Wildman–Crippen MR) is 110 cm³/mol. The molecule has 1 aliphatic heterocycles. The first-order valence-electron chi connectivity index (χ1n) is 9.79. The molecule has 150 valence electrons. The Morgan fingerprint density at radius 3 is 2.64 bits per heavy atom. The Balaban J connectivity index is 1.80. The van der Waals surface area contributed by atoms with Gasteiger partial charge in [0.05, 0.1) is 0 Å². The van der Waals surface area contributed by atoms with Gasteiger partial charge in [0.2, 0.25) is 5.95 Å². The molecule has 1 amide bonds. The lowest BCUT2D eigenvalue weighted by Gasteiger charge is -2.22. The highest BCUT2D eigenvalue weighted by molar-refractivity contribution is 5.98. The van der Waals surface area contributed by atoms with Crippen LogP contribution in [0, 0.1) is 5.95 Å². The van der Waals surface area contributed by atoms with Crippen molar-refractivity contribution in [3.8, 4) is 0 Å². The van der Waals surface area contributed by atoms with Gasteiger partial charge in [-0.2, -0.15) is 4.39 Å². The SMILES string of the molecule is C=N/C(NC1(C)CC1)=C(\C)C(C(=O)N1CCC(c2cccc(F)n2)C1)=C(C)C. The molecular formula is C22H29FN4O. The van der Waals surface area contributed by atoms with Gasteiger partial charge >= 0.3 is 0 Å². The fourth-order valence-corrected chi connectivity index (χ4v) is 3.71. The average molecular weight is 384 g/mol. The number of pyridine rings is 1. The zero-order valence-electron chi connectivity index (χ0n) is 17.2. The van der Waals surface area contributed by atoms with E-state index >= 15 is 0 Å². The zero-order valence-corrected chi connectivity index (χ0v) is 17.2. The van der Waals surface area contributed by atoms with Gasteiger partial charge < -0.3 is 10.2 Å². The van der Waals surface area contributed by atoms with Crippen LogP contribution in [0.1, 0.15) is 58.6 Å². The summed E-state index contributed by atoms with van der Waals surface area (Å²) in [6.07, 6.45) is 2.96. The third kappa shape index (κ3) is 4.32. The normalized spacial score (nSPS) is 21.0. The molecule has 1 aromatic rings. The molecule has 2 heterocycles. The fourth-order valence-electron chi connectivity index (χ4n) is 3.71. The smallest absolute Gasteiger partial charge is 0.254 e. The maximum absolute atomic E-state index is 13.5. The van der Waals surface area contributed by atoms with Crippen LogP contribution in [0.4, 0.5) is 4.39 Å². The standard InChI is InChI=1S/C22H29FN4O/c1-14(2)19(15(3)20(24-5)26-22(4)10-11-22)21(28)27-12-9-16(13-27)17-7-6-8-18(23)25-17/h6-8,16,26H,5,9-13H2,1-4H3/b20-15-. The summed E-state index contributed by atoms with van der Waals surface area (Å²) < 4.78 is 13.5. The summed E-state index contributed by atoms with van der Waals surface area (Å²) in [5.41, 5.74) is 3.19. The molecule has 28 heavy (non-hydrogen) atoms. The van der Waals surface area contributed by atoms with Crippen LogP contribution in [0.2, 0.25) is 0 Å². The summed E-state index contributed by atoms with van der Waals surface area (Å²) in [5.74, 6) is 0.239. The van der Waals surface area contributed by atoms with E-state index in [0.29, 0.717) is 30.2 Å². The largest absolute Gasteiger partial charge is 0.365 e. The quantitative estimate of drug-likeness (QED) is 0.350. The van der Waals surface area contributed by atoms with E-state index in [1.807, 2.05) is 31.7 Å². The van der Waals surface area contributed by atoms with E-state index in [0.717, 1.165) is 30.4 Å². The first kappa shape index (κ1) is 20.2. The number of rotatable bonds is 6. The average Bonchev–Trinajstić information content (AvgIpc) is 3.18. The number of amides is 1. The number of aromatic nitrogens is 1. The van der Waals surface area contributed by atoms with E-state index in [4.69, 9.17) is 0 Å². The van der Waals surface area contributed by atoms with E-state index in [1.165, 1.54) is 6.07 Å². The monoisotopic (exact) mass is 384 g/mol. The Bertz CT molecular complexity index is 850. The fraction of sp³-hybridized carbons (Fsp3) is 0.500. The lowest BCUT2D eigenvalue weighted by molar-refractivity contribution is -0.126. The lowest BCUT2D eigenvalue weighted by Crippen LogP contribution is -2.32. The van der Waals surface area contributed by atoms with Crippen LogP contribution in [0.25, 0.3) is 0 Å². The van der Waals surface area contributed by atoms with Crippen molar-refractivity contribution in [1.82, 2.24) is 15.2 Å². The second-order valence-corrected chi connectivity index (χ2v) is 8.31. The minimum absolute atomic E-state index is 0.0136. The van der Waals surface area contributed by atoms with Crippen molar-refractivity contribution in [3.05, 3.63) is 52.4 Å². The predicted octanol–water partition coefficient (Wildman–Crippen LogP) is 3.95. The third-order valence-electron chi connectivity index (χ3n) is 5.65. The minimum atomic E-state index is -0.479. The van der Waals surface area contributed by atoms with E-state index in [1.54, 1.807) is 6.07 Å². The van der Waals surface area contributed by atoms with E-state index in [2.05, 4.69) is 28.9 Å².